The minimum Gasteiger partial charge on any atom is -0.496 e. The van der Waals surface area contributed by atoms with Crippen LogP contribution in [0.25, 0.3) is 0 Å². The van der Waals surface area contributed by atoms with Gasteiger partial charge in [-0.25, -0.2) is 0 Å². The van der Waals surface area contributed by atoms with Crippen LogP contribution in [0.3, 0.4) is 0 Å². The summed E-state index contributed by atoms with van der Waals surface area (Å²) in [5.74, 6) is 0.478. The van der Waals surface area contributed by atoms with Crippen molar-refractivity contribution in [2.24, 2.45) is 0 Å². The smallest absolute Gasteiger partial charge is 0.273 e. The van der Waals surface area contributed by atoms with Crippen molar-refractivity contribution in [3.05, 3.63) is 64.0 Å². The molecule has 1 heterocycles. The predicted octanol–water partition coefficient (Wildman–Crippen LogP) is 2.85. The number of methoxy groups -OCH3 is 1. The lowest BCUT2D eigenvalue weighted by molar-refractivity contribution is -0.385. The number of nitro benzene ring substituents is 1. The van der Waals surface area contributed by atoms with Crippen molar-refractivity contribution >= 4 is 5.69 Å². The molecule has 0 radical (unpaired) electrons. The molecule has 6 heteroatoms. The van der Waals surface area contributed by atoms with Crippen LogP contribution in [0.15, 0.2) is 42.6 Å². The third-order valence-corrected chi connectivity index (χ3v) is 3.14. The van der Waals surface area contributed by atoms with Crippen molar-refractivity contribution in [1.29, 1.82) is 0 Å². The average molecular weight is 287 g/mol. The van der Waals surface area contributed by atoms with Gasteiger partial charge < -0.3 is 10.1 Å². The number of hydrogen-bond donors (Lipinski definition) is 1. The highest BCUT2D eigenvalue weighted by Crippen LogP contribution is 2.23. The molecule has 0 spiro atoms. The molecule has 0 aliphatic heterocycles. The number of nitrogens with zero attached hydrogens (tertiary/aromatic N) is 2. The van der Waals surface area contributed by atoms with E-state index in [4.69, 9.17) is 4.74 Å². The van der Waals surface area contributed by atoms with E-state index in [-0.39, 0.29) is 11.7 Å². The molecule has 0 bridgehead atoms. The number of hydrogen-bond acceptors (Lipinski definition) is 5. The van der Waals surface area contributed by atoms with Crippen LogP contribution in [0.2, 0.25) is 0 Å². The first-order chi connectivity index (χ1) is 10.1. The third kappa shape index (κ3) is 4.00. The maximum atomic E-state index is 10.9. The molecule has 0 aliphatic rings. The van der Waals surface area contributed by atoms with Gasteiger partial charge in [0.05, 0.1) is 23.8 Å². The highest BCUT2D eigenvalue weighted by Gasteiger charge is 2.11. The van der Waals surface area contributed by atoms with Crippen LogP contribution >= 0.6 is 0 Å². The van der Waals surface area contributed by atoms with Crippen LogP contribution in [-0.2, 0) is 6.54 Å². The molecule has 2 rings (SSSR count). The van der Waals surface area contributed by atoms with Gasteiger partial charge in [0, 0.05) is 24.8 Å². The predicted molar refractivity (Wildman–Crippen MR) is 79.1 cm³/mol. The first kappa shape index (κ1) is 14.9. The Morgan fingerprint density at radius 2 is 2.19 bits per heavy atom. The summed E-state index contributed by atoms with van der Waals surface area (Å²) in [5.41, 5.74) is 1.75. The van der Waals surface area contributed by atoms with Gasteiger partial charge in [0.1, 0.15) is 5.75 Å². The summed E-state index contributed by atoms with van der Waals surface area (Å²) >= 11 is 0. The second kappa shape index (κ2) is 6.81. The normalized spacial score (nSPS) is 11.9. The number of aromatic nitrogens is 1. The molecule has 2 aromatic rings. The molecule has 0 amide bonds. The monoisotopic (exact) mass is 287 g/mol. The van der Waals surface area contributed by atoms with E-state index in [1.54, 1.807) is 18.3 Å². The van der Waals surface area contributed by atoms with E-state index in [2.05, 4.69) is 10.3 Å². The standard InChI is InChI=1S/C15H17N3O3/c1-11(15-5-3-4-6-16-15)17-10-12-7-13(18(19)20)9-14(8-12)21-2/h3-9,11,17H,10H2,1-2H3/t11-/m1/s1. The first-order valence-corrected chi connectivity index (χ1v) is 6.57. The van der Waals surface area contributed by atoms with E-state index in [0.29, 0.717) is 12.3 Å². The molecule has 1 atom stereocenters. The molecular formula is C15H17N3O3. The molecule has 6 nitrogen and oxygen atoms in total. The summed E-state index contributed by atoms with van der Waals surface area (Å²) in [6.45, 7) is 2.49. The zero-order chi connectivity index (χ0) is 15.2. The second-order valence-corrected chi connectivity index (χ2v) is 4.65. The lowest BCUT2D eigenvalue weighted by atomic mass is 10.1. The molecule has 0 aliphatic carbocycles. The van der Waals surface area contributed by atoms with Gasteiger partial charge in [0.2, 0.25) is 0 Å². The molecule has 1 aromatic heterocycles. The molecule has 110 valence electrons. The van der Waals surface area contributed by atoms with Crippen molar-refractivity contribution in [3.63, 3.8) is 0 Å². The molecule has 1 aromatic carbocycles. The van der Waals surface area contributed by atoms with Crippen LogP contribution in [0, 0.1) is 10.1 Å². The van der Waals surface area contributed by atoms with E-state index < -0.39 is 4.92 Å². The van der Waals surface area contributed by atoms with E-state index in [1.165, 1.54) is 13.2 Å². The lowest BCUT2D eigenvalue weighted by Crippen LogP contribution is -2.19. The Morgan fingerprint density at radius 1 is 1.38 bits per heavy atom. The summed E-state index contributed by atoms with van der Waals surface area (Å²) in [6, 6.07) is 10.5. The minimum atomic E-state index is -0.422. The maximum Gasteiger partial charge on any atom is 0.273 e. The van der Waals surface area contributed by atoms with Gasteiger partial charge in [-0.1, -0.05) is 6.07 Å². The summed E-state index contributed by atoms with van der Waals surface area (Å²) in [7, 11) is 1.49. The Balaban J connectivity index is 2.09. The molecule has 1 N–H and O–H groups in total. The first-order valence-electron chi connectivity index (χ1n) is 6.57. The maximum absolute atomic E-state index is 10.9. The molecule has 0 fully saturated rings. The van der Waals surface area contributed by atoms with E-state index >= 15 is 0 Å². The second-order valence-electron chi connectivity index (χ2n) is 4.65. The average Bonchev–Trinajstić information content (AvgIpc) is 2.53. The summed E-state index contributed by atoms with van der Waals surface area (Å²) in [6.07, 6.45) is 1.74. The van der Waals surface area contributed by atoms with Gasteiger partial charge in [-0.05, 0) is 30.7 Å². The zero-order valence-corrected chi connectivity index (χ0v) is 11.9. The summed E-state index contributed by atoms with van der Waals surface area (Å²) in [5, 5.41) is 14.2. The molecule has 0 saturated carbocycles. The van der Waals surface area contributed by atoms with Crippen LogP contribution in [0.4, 0.5) is 5.69 Å². The van der Waals surface area contributed by atoms with E-state index in [9.17, 15) is 10.1 Å². The number of ether oxygens (including phenoxy) is 1. The Kier molecular flexibility index (Phi) is 4.84. The molecule has 21 heavy (non-hydrogen) atoms. The van der Waals surface area contributed by atoms with Gasteiger partial charge in [0.15, 0.2) is 0 Å². The van der Waals surface area contributed by atoms with Crippen molar-refractivity contribution in [2.45, 2.75) is 19.5 Å². The molecule has 0 saturated heterocycles. The number of rotatable bonds is 6. The fourth-order valence-electron chi connectivity index (χ4n) is 1.98. The Morgan fingerprint density at radius 3 is 2.81 bits per heavy atom. The summed E-state index contributed by atoms with van der Waals surface area (Å²) < 4.78 is 5.09. The highest BCUT2D eigenvalue weighted by molar-refractivity contribution is 5.42. The highest BCUT2D eigenvalue weighted by atomic mass is 16.6. The Labute approximate surface area is 122 Å². The van der Waals surface area contributed by atoms with Crippen LogP contribution in [0.5, 0.6) is 5.75 Å². The number of pyridine rings is 1. The van der Waals surface area contributed by atoms with Crippen LogP contribution < -0.4 is 10.1 Å². The Hall–Kier alpha value is -2.47. The summed E-state index contributed by atoms with van der Waals surface area (Å²) in [4.78, 5) is 14.8. The molecular weight excluding hydrogens is 270 g/mol. The third-order valence-electron chi connectivity index (χ3n) is 3.14. The largest absolute Gasteiger partial charge is 0.496 e. The lowest BCUT2D eigenvalue weighted by Gasteiger charge is -2.13. The van der Waals surface area contributed by atoms with E-state index in [1.807, 2.05) is 25.1 Å². The number of benzene rings is 1. The zero-order valence-electron chi connectivity index (χ0n) is 11.9. The topological polar surface area (TPSA) is 77.3 Å². The quantitative estimate of drug-likeness (QED) is 0.653. The molecule has 0 unspecified atom stereocenters. The van der Waals surface area contributed by atoms with Gasteiger partial charge in [-0.3, -0.25) is 15.1 Å². The fraction of sp³-hybridized carbons (Fsp3) is 0.267. The van der Waals surface area contributed by atoms with Crippen molar-refractivity contribution in [3.8, 4) is 5.75 Å². The SMILES string of the molecule is COc1cc(CN[C@H](C)c2ccccn2)cc([N+](=O)[O-])c1. The van der Waals surface area contributed by atoms with Crippen LogP contribution in [0.1, 0.15) is 24.2 Å². The number of nitro groups is 1. The van der Waals surface area contributed by atoms with E-state index in [0.717, 1.165) is 11.3 Å². The van der Waals surface area contributed by atoms with Crippen molar-refractivity contribution in [1.82, 2.24) is 10.3 Å². The van der Waals surface area contributed by atoms with Crippen molar-refractivity contribution in [2.75, 3.05) is 7.11 Å². The Bertz CT molecular complexity index is 617. The van der Waals surface area contributed by atoms with Crippen LogP contribution in [-0.4, -0.2) is 17.0 Å². The van der Waals surface area contributed by atoms with Gasteiger partial charge >= 0.3 is 0 Å². The number of non-ortho nitro benzene ring substituents is 1. The van der Waals surface area contributed by atoms with Gasteiger partial charge in [-0.2, -0.15) is 0 Å². The van der Waals surface area contributed by atoms with Gasteiger partial charge in [0.25, 0.3) is 5.69 Å². The number of nitrogens with one attached hydrogen (secondary N) is 1. The van der Waals surface area contributed by atoms with Gasteiger partial charge in [-0.15, -0.1) is 0 Å². The minimum absolute atomic E-state index is 0.0247. The fourth-order valence-corrected chi connectivity index (χ4v) is 1.98. The van der Waals surface area contributed by atoms with Crippen molar-refractivity contribution < 1.29 is 9.66 Å².